The van der Waals surface area contributed by atoms with E-state index in [1.807, 2.05) is 7.05 Å². The van der Waals surface area contributed by atoms with Gasteiger partial charge >= 0.3 is 0 Å². The molecule has 3 unspecified atom stereocenters. The first-order valence-electron chi connectivity index (χ1n) is 9.17. The van der Waals surface area contributed by atoms with Gasteiger partial charge in [0.1, 0.15) is 11.6 Å². The molecule has 1 aromatic carbocycles. The topological polar surface area (TPSA) is 30.9 Å². The molecule has 26 heavy (non-hydrogen) atoms. The van der Waals surface area contributed by atoms with E-state index in [1.54, 1.807) is 7.05 Å². The summed E-state index contributed by atoms with van der Waals surface area (Å²) >= 11 is 0. The SMILES string of the molecule is CCN1CCCC1CN(C)C(=NC)NC1CC1c1c(F)cccc1F.I. The van der Waals surface area contributed by atoms with E-state index in [0.717, 1.165) is 32.0 Å². The molecule has 0 radical (unpaired) electrons. The maximum Gasteiger partial charge on any atom is 0.193 e. The van der Waals surface area contributed by atoms with E-state index < -0.39 is 11.6 Å². The van der Waals surface area contributed by atoms with Crippen molar-refractivity contribution in [3.05, 3.63) is 35.4 Å². The number of likely N-dealkylation sites (tertiary alicyclic amines) is 1. The maximum atomic E-state index is 13.9. The summed E-state index contributed by atoms with van der Waals surface area (Å²) in [6.07, 6.45) is 3.19. The van der Waals surface area contributed by atoms with Crippen LogP contribution in [-0.4, -0.2) is 61.6 Å². The van der Waals surface area contributed by atoms with Crippen LogP contribution in [0.1, 0.15) is 37.7 Å². The second-order valence-corrected chi connectivity index (χ2v) is 7.08. The van der Waals surface area contributed by atoms with Crippen molar-refractivity contribution in [2.45, 2.75) is 44.2 Å². The highest BCUT2D eigenvalue weighted by Gasteiger charge is 2.42. The molecule has 2 fully saturated rings. The van der Waals surface area contributed by atoms with Gasteiger partial charge in [-0.3, -0.25) is 9.89 Å². The number of hydrogen-bond acceptors (Lipinski definition) is 2. The van der Waals surface area contributed by atoms with Crippen LogP contribution in [0.3, 0.4) is 0 Å². The van der Waals surface area contributed by atoms with Gasteiger partial charge in [-0.15, -0.1) is 24.0 Å². The van der Waals surface area contributed by atoms with Gasteiger partial charge in [0.15, 0.2) is 5.96 Å². The van der Waals surface area contributed by atoms with Crippen LogP contribution in [0.4, 0.5) is 8.78 Å². The predicted octanol–water partition coefficient (Wildman–Crippen LogP) is 3.43. The molecule has 1 aliphatic carbocycles. The molecule has 4 nitrogen and oxygen atoms in total. The Bertz CT molecular complexity index is 620. The van der Waals surface area contributed by atoms with Crippen LogP contribution in [-0.2, 0) is 0 Å². The minimum atomic E-state index is -0.456. The Morgan fingerprint density at radius 1 is 1.35 bits per heavy atom. The molecule has 1 saturated carbocycles. The lowest BCUT2D eigenvalue weighted by Gasteiger charge is -2.30. The third kappa shape index (κ3) is 4.65. The van der Waals surface area contributed by atoms with Gasteiger partial charge in [-0.2, -0.15) is 0 Å². The Labute approximate surface area is 172 Å². The van der Waals surface area contributed by atoms with Gasteiger partial charge in [-0.1, -0.05) is 13.0 Å². The van der Waals surface area contributed by atoms with Crippen LogP contribution < -0.4 is 5.32 Å². The number of benzene rings is 1. The lowest BCUT2D eigenvalue weighted by molar-refractivity contribution is 0.232. The van der Waals surface area contributed by atoms with Crippen molar-refractivity contribution >= 4 is 29.9 Å². The summed E-state index contributed by atoms with van der Waals surface area (Å²) in [5.74, 6) is -0.235. The number of halogens is 3. The fourth-order valence-electron chi connectivity index (χ4n) is 3.97. The smallest absolute Gasteiger partial charge is 0.193 e. The Balaban J connectivity index is 0.00000243. The van der Waals surface area contributed by atoms with Crippen molar-refractivity contribution in [1.29, 1.82) is 0 Å². The summed E-state index contributed by atoms with van der Waals surface area (Å²) in [6.45, 7) is 5.35. The van der Waals surface area contributed by atoms with Crippen molar-refractivity contribution in [1.82, 2.24) is 15.1 Å². The van der Waals surface area contributed by atoms with Crippen LogP contribution >= 0.6 is 24.0 Å². The van der Waals surface area contributed by atoms with Crippen LogP contribution in [0, 0.1) is 11.6 Å². The summed E-state index contributed by atoms with van der Waals surface area (Å²) in [7, 11) is 3.79. The maximum absolute atomic E-state index is 13.9. The molecule has 1 saturated heterocycles. The highest BCUT2D eigenvalue weighted by atomic mass is 127. The zero-order chi connectivity index (χ0) is 18.0. The number of hydrogen-bond donors (Lipinski definition) is 1. The third-order valence-electron chi connectivity index (χ3n) is 5.44. The van der Waals surface area contributed by atoms with Gasteiger partial charge in [0.2, 0.25) is 0 Å². The van der Waals surface area contributed by atoms with E-state index in [-0.39, 0.29) is 41.5 Å². The lowest BCUT2D eigenvalue weighted by Crippen LogP contribution is -2.46. The van der Waals surface area contributed by atoms with E-state index in [0.29, 0.717) is 6.04 Å². The summed E-state index contributed by atoms with van der Waals surface area (Å²) in [5, 5.41) is 3.37. The van der Waals surface area contributed by atoms with E-state index >= 15 is 0 Å². The Kier molecular flexibility index (Phi) is 7.63. The van der Waals surface area contributed by atoms with Crippen molar-refractivity contribution in [3.8, 4) is 0 Å². The molecule has 146 valence electrons. The molecule has 1 aliphatic heterocycles. The van der Waals surface area contributed by atoms with Gasteiger partial charge in [0.25, 0.3) is 0 Å². The van der Waals surface area contributed by atoms with Crippen LogP contribution in [0.15, 0.2) is 23.2 Å². The molecule has 3 atom stereocenters. The first kappa shape index (κ1) is 21.3. The highest BCUT2D eigenvalue weighted by Crippen LogP contribution is 2.43. The average Bonchev–Trinajstić information content (AvgIpc) is 3.19. The van der Waals surface area contributed by atoms with Gasteiger partial charge < -0.3 is 10.2 Å². The van der Waals surface area contributed by atoms with Gasteiger partial charge in [-0.25, -0.2) is 8.78 Å². The predicted molar refractivity (Wildman–Crippen MR) is 112 cm³/mol. The molecule has 3 rings (SSSR count). The zero-order valence-electron chi connectivity index (χ0n) is 15.7. The molecule has 7 heteroatoms. The lowest BCUT2D eigenvalue weighted by atomic mass is 10.1. The van der Waals surface area contributed by atoms with Crippen LogP contribution in [0.25, 0.3) is 0 Å². The minimum Gasteiger partial charge on any atom is -0.353 e. The molecule has 1 N–H and O–H groups in total. The summed E-state index contributed by atoms with van der Waals surface area (Å²) in [6, 6.07) is 4.65. The molecule has 0 amide bonds. The Morgan fingerprint density at radius 2 is 2.04 bits per heavy atom. The third-order valence-corrected chi connectivity index (χ3v) is 5.44. The Hall–Kier alpha value is -0.960. The molecular formula is C19H29F2IN4. The molecule has 1 aromatic rings. The largest absolute Gasteiger partial charge is 0.353 e. The summed E-state index contributed by atoms with van der Waals surface area (Å²) in [5.41, 5.74) is 0.200. The molecule has 0 spiro atoms. The average molecular weight is 478 g/mol. The summed E-state index contributed by atoms with van der Waals surface area (Å²) < 4.78 is 27.9. The number of guanidine groups is 1. The van der Waals surface area contributed by atoms with Crippen molar-refractivity contribution < 1.29 is 8.78 Å². The monoisotopic (exact) mass is 478 g/mol. The van der Waals surface area contributed by atoms with Crippen LogP contribution in [0.2, 0.25) is 0 Å². The van der Waals surface area contributed by atoms with E-state index in [2.05, 4.69) is 27.0 Å². The molecular weight excluding hydrogens is 449 g/mol. The zero-order valence-corrected chi connectivity index (χ0v) is 18.0. The Morgan fingerprint density at radius 3 is 2.65 bits per heavy atom. The molecule has 0 aromatic heterocycles. The number of nitrogens with one attached hydrogen (secondary N) is 1. The quantitative estimate of drug-likeness (QED) is 0.400. The molecule has 2 aliphatic rings. The fraction of sp³-hybridized carbons (Fsp3) is 0.632. The second-order valence-electron chi connectivity index (χ2n) is 7.08. The molecule has 1 heterocycles. The fourth-order valence-corrected chi connectivity index (χ4v) is 3.97. The normalized spacial score (nSPS) is 25.7. The number of rotatable bonds is 5. The van der Waals surface area contributed by atoms with Crippen molar-refractivity contribution in [2.75, 3.05) is 33.7 Å². The minimum absolute atomic E-state index is 0. The highest BCUT2D eigenvalue weighted by molar-refractivity contribution is 14.0. The molecule has 0 bridgehead atoms. The number of likely N-dealkylation sites (N-methyl/N-ethyl adjacent to an activating group) is 2. The van der Waals surface area contributed by atoms with Crippen molar-refractivity contribution in [3.63, 3.8) is 0 Å². The van der Waals surface area contributed by atoms with Gasteiger partial charge in [-0.05, 0) is 44.5 Å². The number of nitrogens with zero attached hydrogens (tertiary/aromatic N) is 3. The van der Waals surface area contributed by atoms with E-state index in [1.165, 1.54) is 31.0 Å². The van der Waals surface area contributed by atoms with Gasteiger partial charge in [0.05, 0.1) is 0 Å². The first-order chi connectivity index (χ1) is 12.0. The first-order valence-corrected chi connectivity index (χ1v) is 9.17. The van der Waals surface area contributed by atoms with E-state index in [9.17, 15) is 8.78 Å². The second kappa shape index (κ2) is 9.30. The van der Waals surface area contributed by atoms with Gasteiger partial charge in [0, 0.05) is 44.2 Å². The van der Waals surface area contributed by atoms with Crippen LogP contribution in [0.5, 0.6) is 0 Å². The van der Waals surface area contributed by atoms with Crippen molar-refractivity contribution in [2.24, 2.45) is 4.99 Å². The number of aliphatic imine (C=N–C) groups is 1. The standard InChI is InChI=1S/C19H28F2N4.HI/c1-4-25-10-6-7-13(25)12-24(3)19(22-2)23-17-11-14(17)18-15(20)8-5-9-16(18)21;/h5,8-9,13-14,17H,4,6-7,10-12H2,1-3H3,(H,22,23);1H. The van der Waals surface area contributed by atoms with E-state index in [4.69, 9.17) is 0 Å². The summed E-state index contributed by atoms with van der Waals surface area (Å²) in [4.78, 5) is 8.99.